The first kappa shape index (κ1) is 30.9. The van der Waals surface area contributed by atoms with Gasteiger partial charge in [0.1, 0.15) is 11.6 Å². The van der Waals surface area contributed by atoms with Gasteiger partial charge in [-0.3, -0.25) is 14.5 Å². The van der Waals surface area contributed by atoms with E-state index < -0.39 is 41.8 Å². The maximum atomic E-state index is 14.0. The smallest absolute Gasteiger partial charge is 0.414 e. The molecule has 1 heterocycles. The van der Waals surface area contributed by atoms with Crippen LogP contribution in [-0.4, -0.2) is 56.0 Å². The van der Waals surface area contributed by atoms with Gasteiger partial charge in [0.25, 0.3) is 5.91 Å². The summed E-state index contributed by atoms with van der Waals surface area (Å²) in [6.45, 7) is -1.41. The quantitative estimate of drug-likeness (QED) is 0.359. The van der Waals surface area contributed by atoms with E-state index in [1.807, 2.05) is 6.92 Å². The number of fused-ring (bicyclic) bond motifs is 1. The van der Waals surface area contributed by atoms with Crippen LogP contribution in [0.25, 0.3) is 0 Å². The first-order valence-corrected chi connectivity index (χ1v) is 13.6. The lowest BCUT2D eigenvalue weighted by atomic mass is 9.85. The second-order valence-electron chi connectivity index (χ2n) is 10.4. The highest BCUT2D eigenvalue weighted by Crippen LogP contribution is 2.42. The summed E-state index contributed by atoms with van der Waals surface area (Å²) in [5.41, 5.74) is 1.30. The molecule has 1 fully saturated rings. The number of halogens is 3. The first-order chi connectivity index (χ1) is 20.0. The van der Waals surface area contributed by atoms with Gasteiger partial charge in [-0.1, -0.05) is 6.42 Å². The number of hydrogen-bond acceptors (Lipinski definition) is 8. The molecule has 1 saturated carbocycles. The summed E-state index contributed by atoms with van der Waals surface area (Å²) < 4.78 is 54.2. The van der Waals surface area contributed by atoms with Crippen molar-refractivity contribution < 1.29 is 46.9 Å². The highest BCUT2D eigenvalue weighted by molar-refractivity contribution is 6.01. The second-order valence-corrected chi connectivity index (χ2v) is 10.4. The van der Waals surface area contributed by atoms with Crippen LogP contribution < -0.4 is 20.3 Å². The Morgan fingerprint density at radius 3 is 2.52 bits per heavy atom. The van der Waals surface area contributed by atoms with Gasteiger partial charge in [0, 0.05) is 23.2 Å². The molecule has 228 valence electrons. The minimum absolute atomic E-state index is 0.157. The number of aliphatic hydroxyl groups excluding tert-OH is 1. The predicted molar refractivity (Wildman–Crippen MR) is 147 cm³/mol. The topological polar surface area (TPSA) is 126 Å². The number of benzene rings is 2. The molecule has 1 unspecified atom stereocenters. The molecule has 2 aromatic rings. The number of aliphatic hydroxyl groups is 1. The number of carbonyl (C=O) groups is 3. The van der Waals surface area contributed by atoms with Crippen molar-refractivity contribution in [1.29, 1.82) is 0 Å². The zero-order valence-electron chi connectivity index (χ0n) is 23.5. The minimum Gasteiger partial charge on any atom is -0.469 e. The maximum absolute atomic E-state index is 14.0. The van der Waals surface area contributed by atoms with Crippen LogP contribution in [0.5, 0.6) is 5.75 Å². The molecule has 2 amide bonds. The third-order valence-electron chi connectivity index (χ3n) is 7.72. The second kappa shape index (κ2) is 13.3. The summed E-state index contributed by atoms with van der Waals surface area (Å²) in [6.07, 6.45) is 0.989. The molecule has 4 rings (SSSR count). The molecule has 0 bridgehead atoms. The Kier molecular flexibility index (Phi) is 9.81. The Morgan fingerprint density at radius 1 is 1.07 bits per heavy atom. The normalized spacial score (nSPS) is 20.8. The van der Waals surface area contributed by atoms with Crippen molar-refractivity contribution >= 4 is 35.0 Å². The average molecular weight is 594 g/mol. The molecule has 4 atom stereocenters. The summed E-state index contributed by atoms with van der Waals surface area (Å²) in [5, 5.41) is 16.9. The van der Waals surface area contributed by atoms with Crippen molar-refractivity contribution in [2.45, 2.75) is 70.2 Å². The third-order valence-corrected chi connectivity index (χ3v) is 7.72. The molecule has 2 aromatic carbocycles. The van der Waals surface area contributed by atoms with Crippen LogP contribution in [0.3, 0.4) is 0 Å². The van der Waals surface area contributed by atoms with Crippen molar-refractivity contribution in [1.82, 2.24) is 0 Å². The lowest BCUT2D eigenvalue weighted by Crippen LogP contribution is -2.42. The fourth-order valence-corrected chi connectivity index (χ4v) is 5.67. The first-order valence-electron chi connectivity index (χ1n) is 13.6. The summed E-state index contributed by atoms with van der Waals surface area (Å²) in [7, 11) is 2.60. The molecule has 0 radical (unpaired) electrons. The Morgan fingerprint density at radius 2 is 1.83 bits per heavy atom. The number of alkyl halides is 2. The van der Waals surface area contributed by atoms with E-state index in [-0.39, 0.29) is 29.7 Å². The van der Waals surface area contributed by atoms with Crippen LogP contribution in [0.4, 0.5) is 35.0 Å². The van der Waals surface area contributed by atoms with Gasteiger partial charge in [-0.15, -0.1) is 0 Å². The number of anilines is 3. The van der Waals surface area contributed by atoms with Gasteiger partial charge in [-0.2, -0.15) is 8.78 Å². The Labute approximate surface area is 241 Å². The molecule has 0 aromatic heterocycles. The number of esters is 1. The largest absolute Gasteiger partial charge is 0.469 e. The fraction of sp³-hybridized carbons (Fsp3) is 0.483. The minimum atomic E-state index is -3.27. The van der Waals surface area contributed by atoms with Gasteiger partial charge < -0.3 is 30.0 Å². The van der Waals surface area contributed by atoms with Gasteiger partial charge in [0.2, 0.25) is 0 Å². The molecule has 1 aliphatic carbocycles. The number of methoxy groups -OCH3 is 2. The number of ether oxygens (including phenoxy) is 3. The monoisotopic (exact) mass is 593 g/mol. The zero-order valence-corrected chi connectivity index (χ0v) is 23.5. The van der Waals surface area contributed by atoms with Crippen LogP contribution >= 0.6 is 0 Å². The number of carbonyl (C=O) groups excluding carboxylic acids is 3. The molecule has 2 aliphatic rings. The van der Waals surface area contributed by atoms with Gasteiger partial charge in [0.05, 0.1) is 37.2 Å². The van der Waals surface area contributed by atoms with Crippen molar-refractivity contribution in [3.8, 4) is 5.75 Å². The Bertz CT molecular complexity index is 1330. The molecule has 13 heteroatoms. The number of hydrogen-bond donors (Lipinski definition) is 3. The average Bonchev–Trinajstić information content (AvgIpc) is 2.97. The summed E-state index contributed by atoms with van der Waals surface area (Å²) in [6, 6.07) is 5.55. The van der Waals surface area contributed by atoms with Crippen molar-refractivity contribution in [3.05, 3.63) is 47.3 Å². The third kappa shape index (κ3) is 6.72. The van der Waals surface area contributed by atoms with Gasteiger partial charge >= 0.3 is 18.7 Å². The molecule has 10 nitrogen and oxygen atoms in total. The van der Waals surface area contributed by atoms with E-state index in [9.17, 15) is 32.7 Å². The van der Waals surface area contributed by atoms with E-state index in [0.717, 1.165) is 31.0 Å². The molecule has 0 spiro atoms. The molecule has 1 aliphatic heterocycles. The Hall–Kier alpha value is -4.00. The standard InChI is InChI=1S/C29H34F3N3O7/c1-15-7-9-19-22(35(15)29(39)41-3)11-10-21(33-18-6-4-5-16(13-18)27(38)40-2)24(19)34-26(37)25(36)20-14-17(30)8-12-23(20)42-28(31)32/h8,10-12,14-16,18,25,28,33,36H,4-7,9,13H2,1-3H3,(H,34,37)/t15-,16+,18+,25?/m0/s1. The van der Waals surface area contributed by atoms with E-state index in [0.29, 0.717) is 42.6 Å². The SMILES string of the molecule is COC(=O)[C@@H]1CCC[C@@H](Nc2ccc3c(c2NC(=O)C(O)c2cc(F)ccc2OC(F)F)CC[C@H](C)N3C(=O)OC)C1. The van der Waals surface area contributed by atoms with Crippen molar-refractivity contribution in [2.24, 2.45) is 5.92 Å². The lowest BCUT2D eigenvalue weighted by Gasteiger charge is -2.36. The summed E-state index contributed by atoms with van der Waals surface area (Å²) in [4.78, 5) is 39.7. The van der Waals surface area contributed by atoms with E-state index in [1.165, 1.54) is 19.1 Å². The predicted octanol–water partition coefficient (Wildman–Crippen LogP) is 5.15. The van der Waals surface area contributed by atoms with Crippen LogP contribution in [0, 0.1) is 11.7 Å². The van der Waals surface area contributed by atoms with Crippen LogP contribution in [-0.2, 0) is 25.5 Å². The molecular formula is C29H34F3N3O7. The maximum Gasteiger partial charge on any atom is 0.414 e. The molecule has 42 heavy (non-hydrogen) atoms. The molecule has 3 N–H and O–H groups in total. The van der Waals surface area contributed by atoms with Crippen LogP contribution in [0.15, 0.2) is 30.3 Å². The number of nitrogens with zero attached hydrogens (tertiary/aromatic N) is 1. The summed E-state index contributed by atoms with van der Waals surface area (Å²) >= 11 is 0. The Balaban J connectivity index is 1.71. The van der Waals surface area contributed by atoms with E-state index >= 15 is 0 Å². The van der Waals surface area contributed by atoms with Gasteiger partial charge in [-0.05, 0) is 69.4 Å². The number of nitrogens with one attached hydrogen (secondary N) is 2. The van der Waals surface area contributed by atoms with Crippen molar-refractivity contribution in [3.63, 3.8) is 0 Å². The van der Waals surface area contributed by atoms with E-state index in [1.54, 1.807) is 12.1 Å². The highest BCUT2D eigenvalue weighted by Gasteiger charge is 2.34. The van der Waals surface area contributed by atoms with Gasteiger partial charge in [0.15, 0.2) is 6.10 Å². The summed E-state index contributed by atoms with van der Waals surface area (Å²) in [5.74, 6) is -3.04. The number of amides is 2. The molecular weight excluding hydrogens is 559 g/mol. The van der Waals surface area contributed by atoms with E-state index in [2.05, 4.69) is 15.4 Å². The number of rotatable bonds is 8. The highest BCUT2D eigenvalue weighted by atomic mass is 19.3. The van der Waals surface area contributed by atoms with Crippen molar-refractivity contribution in [2.75, 3.05) is 29.8 Å². The van der Waals surface area contributed by atoms with Crippen LogP contribution in [0.2, 0.25) is 0 Å². The van der Waals surface area contributed by atoms with Gasteiger partial charge in [-0.25, -0.2) is 9.18 Å². The molecule has 0 saturated heterocycles. The fourth-order valence-electron chi connectivity index (χ4n) is 5.67. The zero-order chi connectivity index (χ0) is 30.6. The lowest BCUT2D eigenvalue weighted by molar-refractivity contribution is -0.146. The van der Waals surface area contributed by atoms with Crippen LogP contribution in [0.1, 0.15) is 56.3 Å². The van der Waals surface area contributed by atoms with E-state index in [4.69, 9.17) is 9.47 Å².